The Hall–Kier alpha value is -2.63. The van der Waals surface area contributed by atoms with Crippen molar-refractivity contribution in [2.75, 3.05) is 17.7 Å². The Morgan fingerprint density at radius 1 is 1.08 bits per heavy atom. The molecule has 136 valence electrons. The summed E-state index contributed by atoms with van der Waals surface area (Å²) in [5.74, 6) is 0.713. The molecule has 0 saturated carbocycles. The molecular weight excluding hydrogens is 348 g/mol. The zero-order chi connectivity index (χ0) is 18.9. The summed E-state index contributed by atoms with van der Waals surface area (Å²) in [7, 11) is 0. The molecule has 3 aromatic rings. The van der Waals surface area contributed by atoms with Crippen molar-refractivity contribution in [3.8, 4) is 11.3 Å². The summed E-state index contributed by atoms with van der Waals surface area (Å²) in [6, 6.07) is 15.4. The molecule has 1 heterocycles. The Bertz CT molecular complexity index is 824. The first-order valence-corrected chi connectivity index (χ1v) is 8.73. The van der Waals surface area contributed by atoms with Gasteiger partial charge in [-0.1, -0.05) is 41.9 Å². The Morgan fingerprint density at radius 3 is 2.35 bits per heavy atom. The minimum Gasteiger partial charge on any atom is -0.399 e. The molecule has 2 aromatic carbocycles. The van der Waals surface area contributed by atoms with Crippen LogP contribution in [0.3, 0.4) is 0 Å². The number of aliphatic hydroxyl groups excluding tert-OH is 1. The molecule has 0 aliphatic rings. The number of anilines is 2. The molecule has 4 N–H and O–H groups in total. The molecule has 0 aliphatic heterocycles. The number of rotatable bonds is 4. The van der Waals surface area contributed by atoms with Crippen molar-refractivity contribution in [3.05, 3.63) is 71.5 Å². The van der Waals surface area contributed by atoms with E-state index in [1.807, 2.05) is 55.5 Å². The van der Waals surface area contributed by atoms with Crippen molar-refractivity contribution in [3.63, 3.8) is 0 Å². The Balaban J connectivity index is 0.000000758. The number of halogens is 1. The Kier molecular flexibility index (Phi) is 7.38. The molecule has 0 aliphatic carbocycles. The molecule has 0 bridgehead atoms. The maximum Gasteiger partial charge on any atom is 0.153 e. The maximum atomic E-state index is 7.57. The summed E-state index contributed by atoms with van der Waals surface area (Å²) in [5, 5.41) is 11.7. The van der Waals surface area contributed by atoms with E-state index in [2.05, 4.69) is 15.3 Å². The minimum atomic E-state index is 0.00734. The lowest BCUT2D eigenvalue weighted by molar-refractivity contribution is 0.318. The summed E-state index contributed by atoms with van der Waals surface area (Å²) in [4.78, 5) is 8.87. The summed E-state index contributed by atoms with van der Waals surface area (Å²) in [6.07, 6.45) is 3.35. The predicted octanol–water partition coefficient (Wildman–Crippen LogP) is 4.55. The molecule has 1 aromatic heterocycles. The highest BCUT2D eigenvalue weighted by atomic mass is 35.5. The zero-order valence-corrected chi connectivity index (χ0v) is 15.6. The van der Waals surface area contributed by atoms with Gasteiger partial charge in [0, 0.05) is 35.3 Å². The second kappa shape index (κ2) is 9.75. The lowest BCUT2D eigenvalue weighted by Gasteiger charge is -2.18. The van der Waals surface area contributed by atoms with E-state index in [4.69, 9.17) is 22.4 Å². The van der Waals surface area contributed by atoms with E-state index in [9.17, 15) is 0 Å². The van der Waals surface area contributed by atoms with Gasteiger partial charge in [-0.3, -0.25) is 4.98 Å². The van der Waals surface area contributed by atoms with Crippen molar-refractivity contribution in [1.82, 2.24) is 9.97 Å². The first-order chi connectivity index (χ1) is 12.6. The number of aliphatic hydroxyl groups is 1. The van der Waals surface area contributed by atoms with Gasteiger partial charge in [-0.25, -0.2) is 4.98 Å². The van der Waals surface area contributed by atoms with Crippen LogP contribution in [-0.4, -0.2) is 21.7 Å². The van der Waals surface area contributed by atoms with E-state index in [1.54, 1.807) is 19.3 Å². The van der Waals surface area contributed by atoms with E-state index >= 15 is 0 Å². The van der Waals surface area contributed by atoms with Crippen LogP contribution in [0, 0.1) is 0 Å². The second-order valence-corrected chi connectivity index (χ2v) is 5.99. The lowest BCUT2D eigenvalue weighted by atomic mass is 10.1. The number of nitrogens with two attached hydrogens (primary N) is 1. The van der Waals surface area contributed by atoms with Gasteiger partial charge in [0.1, 0.15) is 5.69 Å². The van der Waals surface area contributed by atoms with Crippen LogP contribution in [0.5, 0.6) is 0 Å². The summed E-state index contributed by atoms with van der Waals surface area (Å²) in [5.41, 5.74) is 9.23. The number of nitrogens with one attached hydrogen (secondary N) is 1. The highest BCUT2D eigenvalue weighted by molar-refractivity contribution is 6.31. The number of nitrogen functional groups attached to an aromatic ring is 1. The van der Waals surface area contributed by atoms with Crippen molar-refractivity contribution >= 4 is 23.1 Å². The molecule has 0 saturated heterocycles. The molecule has 0 spiro atoms. The second-order valence-electron chi connectivity index (χ2n) is 5.58. The fraction of sp³-hybridized carbons (Fsp3) is 0.200. The maximum absolute atomic E-state index is 7.57. The molecule has 3 rings (SSSR count). The topological polar surface area (TPSA) is 84.1 Å². The molecule has 6 heteroatoms. The number of hydrogen-bond donors (Lipinski definition) is 3. The fourth-order valence-electron chi connectivity index (χ4n) is 2.40. The van der Waals surface area contributed by atoms with Crippen LogP contribution >= 0.6 is 11.6 Å². The van der Waals surface area contributed by atoms with Gasteiger partial charge in [-0.05, 0) is 37.6 Å². The summed E-state index contributed by atoms with van der Waals surface area (Å²) < 4.78 is 0. The van der Waals surface area contributed by atoms with Gasteiger partial charge in [0.15, 0.2) is 5.82 Å². The van der Waals surface area contributed by atoms with Gasteiger partial charge in [0.2, 0.25) is 0 Å². The molecular formula is C20H23ClN4O. The predicted molar refractivity (Wildman–Crippen MR) is 108 cm³/mol. The molecule has 0 fully saturated rings. The highest BCUT2D eigenvalue weighted by Gasteiger charge is 2.13. The third-order valence-corrected chi connectivity index (χ3v) is 3.95. The number of aromatic nitrogens is 2. The van der Waals surface area contributed by atoms with Crippen molar-refractivity contribution < 1.29 is 5.11 Å². The Labute approximate surface area is 158 Å². The van der Waals surface area contributed by atoms with Gasteiger partial charge >= 0.3 is 0 Å². The van der Waals surface area contributed by atoms with E-state index in [0.717, 1.165) is 27.5 Å². The van der Waals surface area contributed by atoms with Crippen LogP contribution in [0.4, 0.5) is 11.5 Å². The van der Waals surface area contributed by atoms with Crippen molar-refractivity contribution in [2.45, 2.75) is 19.9 Å². The SMILES string of the molecule is CCO.C[C@H](Nc1nccnc1-c1ccc(N)cc1)c1ccccc1Cl. The van der Waals surface area contributed by atoms with Gasteiger partial charge in [0.25, 0.3) is 0 Å². The number of nitrogens with zero attached hydrogens (tertiary/aromatic N) is 2. The largest absolute Gasteiger partial charge is 0.399 e. The van der Waals surface area contributed by atoms with Gasteiger partial charge < -0.3 is 16.2 Å². The average molecular weight is 371 g/mol. The monoisotopic (exact) mass is 370 g/mol. The van der Waals surface area contributed by atoms with Gasteiger partial charge in [0.05, 0.1) is 6.04 Å². The number of benzene rings is 2. The molecule has 0 amide bonds. The standard InChI is InChI=1S/C18H17ClN4.C2H6O/c1-12(15-4-2-3-5-16(15)19)23-18-17(21-10-11-22-18)13-6-8-14(20)9-7-13;1-2-3/h2-12H,20H2,1H3,(H,22,23);3H,2H2,1H3/t12-;/m0./s1. The Morgan fingerprint density at radius 2 is 1.69 bits per heavy atom. The smallest absolute Gasteiger partial charge is 0.153 e. The van der Waals surface area contributed by atoms with E-state index < -0.39 is 0 Å². The van der Waals surface area contributed by atoms with E-state index in [0.29, 0.717) is 5.82 Å². The van der Waals surface area contributed by atoms with Crippen LogP contribution in [0.15, 0.2) is 60.9 Å². The van der Waals surface area contributed by atoms with Crippen LogP contribution < -0.4 is 11.1 Å². The molecule has 0 unspecified atom stereocenters. The van der Waals surface area contributed by atoms with E-state index in [1.165, 1.54) is 0 Å². The van der Waals surface area contributed by atoms with Gasteiger partial charge in [-0.15, -0.1) is 0 Å². The first-order valence-electron chi connectivity index (χ1n) is 8.35. The molecule has 5 nitrogen and oxygen atoms in total. The summed E-state index contributed by atoms with van der Waals surface area (Å²) >= 11 is 6.27. The molecule has 26 heavy (non-hydrogen) atoms. The fourth-order valence-corrected chi connectivity index (χ4v) is 2.70. The summed E-state index contributed by atoms with van der Waals surface area (Å²) in [6.45, 7) is 3.97. The molecule has 0 radical (unpaired) electrons. The zero-order valence-electron chi connectivity index (χ0n) is 14.9. The number of hydrogen-bond acceptors (Lipinski definition) is 5. The third-order valence-electron chi connectivity index (χ3n) is 3.61. The highest BCUT2D eigenvalue weighted by Crippen LogP contribution is 2.29. The first kappa shape index (κ1) is 19.7. The van der Waals surface area contributed by atoms with Gasteiger partial charge in [-0.2, -0.15) is 0 Å². The van der Waals surface area contributed by atoms with Crippen molar-refractivity contribution in [2.24, 2.45) is 0 Å². The quantitative estimate of drug-likeness (QED) is 0.586. The van der Waals surface area contributed by atoms with Crippen molar-refractivity contribution in [1.29, 1.82) is 0 Å². The van der Waals surface area contributed by atoms with E-state index in [-0.39, 0.29) is 12.6 Å². The van der Waals surface area contributed by atoms with Crippen LogP contribution in [0.2, 0.25) is 5.02 Å². The van der Waals surface area contributed by atoms with Crippen LogP contribution in [-0.2, 0) is 0 Å². The third kappa shape index (κ3) is 5.18. The lowest BCUT2D eigenvalue weighted by Crippen LogP contribution is -2.10. The average Bonchev–Trinajstić information content (AvgIpc) is 2.64. The van der Waals surface area contributed by atoms with Crippen LogP contribution in [0.25, 0.3) is 11.3 Å². The minimum absolute atomic E-state index is 0.00734. The normalized spacial score (nSPS) is 11.2. The molecule has 1 atom stereocenters. The van der Waals surface area contributed by atoms with Crippen LogP contribution in [0.1, 0.15) is 25.5 Å².